The van der Waals surface area contributed by atoms with Crippen LogP contribution in [-0.2, 0) is 9.59 Å². The fraction of sp³-hybridized carbons (Fsp3) is 0.467. The molecule has 1 fully saturated rings. The van der Waals surface area contributed by atoms with Crippen molar-refractivity contribution < 1.29 is 14.3 Å². The molecule has 1 aliphatic carbocycles. The third kappa shape index (κ3) is 3.47. The normalized spacial score (nSPS) is 21.9. The highest BCUT2D eigenvalue weighted by Crippen LogP contribution is 2.64. The average Bonchev–Trinajstić information content (AvgIpc) is 2.97. The van der Waals surface area contributed by atoms with E-state index in [0.717, 1.165) is 0 Å². The van der Waals surface area contributed by atoms with E-state index >= 15 is 0 Å². The van der Waals surface area contributed by atoms with Crippen LogP contribution in [0.1, 0.15) is 13.3 Å². The Hall–Kier alpha value is -1.46. The molecular weight excluding hydrogens is 327 g/mol. The van der Waals surface area contributed by atoms with Crippen molar-refractivity contribution in [2.75, 3.05) is 26.0 Å². The van der Waals surface area contributed by atoms with Crippen molar-refractivity contribution in [3.8, 4) is 5.75 Å². The molecule has 0 spiro atoms. The van der Waals surface area contributed by atoms with E-state index in [4.69, 9.17) is 27.9 Å². The van der Waals surface area contributed by atoms with Crippen LogP contribution in [0.4, 0.5) is 5.69 Å². The Morgan fingerprint density at radius 3 is 2.27 bits per heavy atom. The lowest BCUT2D eigenvalue weighted by Crippen LogP contribution is -2.27. The van der Waals surface area contributed by atoms with E-state index in [1.54, 1.807) is 45.3 Å². The zero-order valence-corrected chi connectivity index (χ0v) is 14.2. The first kappa shape index (κ1) is 16.9. The second-order valence-electron chi connectivity index (χ2n) is 5.77. The summed E-state index contributed by atoms with van der Waals surface area (Å²) in [7, 11) is 3.33. The quantitative estimate of drug-likeness (QED) is 0.835. The van der Waals surface area contributed by atoms with Crippen LogP contribution in [0.3, 0.4) is 0 Å². The van der Waals surface area contributed by atoms with Crippen LogP contribution in [0, 0.1) is 5.41 Å². The number of rotatable bonds is 5. The van der Waals surface area contributed by atoms with Gasteiger partial charge in [-0.1, -0.05) is 0 Å². The molecule has 1 aliphatic rings. The molecule has 0 saturated heterocycles. The molecule has 1 aromatic carbocycles. The fourth-order valence-corrected chi connectivity index (χ4v) is 2.53. The second-order valence-corrected chi connectivity index (χ2v) is 7.25. The number of anilines is 1. The number of alkyl halides is 2. The summed E-state index contributed by atoms with van der Waals surface area (Å²) < 4.78 is 4.36. The highest BCUT2D eigenvalue weighted by atomic mass is 35.5. The predicted molar refractivity (Wildman–Crippen MR) is 86.4 cm³/mol. The van der Waals surface area contributed by atoms with Crippen molar-refractivity contribution in [2.24, 2.45) is 5.41 Å². The summed E-state index contributed by atoms with van der Waals surface area (Å²) in [5.74, 6) is 0.212. The number of halogens is 2. The molecule has 1 unspecified atom stereocenters. The van der Waals surface area contributed by atoms with Gasteiger partial charge in [-0.15, -0.1) is 23.2 Å². The molecule has 2 rings (SSSR count). The fourth-order valence-electron chi connectivity index (χ4n) is 1.82. The van der Waals surface area contributed by atoms with Crippen molar-refractivity contribution in [1.29, 1.82) is 0 Å². The first-order chi connectivity index (χ1) is 10.2. The minimum atomic E-state index is -0.993. The van der Waals surface area contributed by atoms with Gasteiger partial charge in [-0.2, -0.15) is 0 Å². The van der Waals surface area contributed by atoms with Gasteiger partial charge in [0, 0.05) is 19.8 Å². The van der Waals surface area contributed by atoms with Crippen LogP contribution in [0.5, 0.6) is 5.75 Å². The number of hydrogen-bond donors (Lipinski definition) is 1. The van der Waals surface area contributed by atoms with Gasteiger partial charge in [0.25, 0.3) is 5.91 Å². The number of carbonyl (C=O) groups is 2. The smallest absolute Gasteiger partial charge is 0.259 e. The summed E-state index contributed by atoms with van der Waals surface area (Å²) in [5.41, 5.74) is -0.141. The minimum absolute atomic E-state index is 0.0300. The summed E-state index contributed by atoms with van der Waals surface area (Å²) in [6.07, 6.45) is 0.433. The molecule has 0 aromatic heterocycles. The van der Waals surface area contributed by atoms with Crippen LogP contribution in [0.15, 0.2) is 24.3 Å². The van der Waals surface area contributed by atoms with Gasteiger partial charge in [0.15, 0.2) is 6.61 Å². The van der Waals surface area contributed by atoms with Crippen molar-refractivity contribution in [3.05, 3.63) is 24.3 Å². The second kappa shape index (κ2) is 5.97. The van der Waals surface area contributed by atoms with Crippen molar-refractivity contribution >= 4 is 40.7 Å². The molecule has 1 aromatic rings. The highest BCUT2D eigenvalue weighted by Gasteiger charge is 2.67. The zero-order valence-electron chi connectivity index (χ0n) is 12.7. The van der Waals surface area contributed by atoms with E-state index in [1.165, 1.54) is 4.90 Å². The summed E-state index contributed by atoms with van der Waals surface area (Å²) in [5, 5.41) is 2.77. The van der Waals surface area contributed by atoms with Crippen LogP contribution in [0.25, 0.3) is 0 Å². The first-order valence-corrected chi connectivity index (χ1v) is 7.54. The SMILES string of the molecule is CN(C)C(=O)COc1ccc(NC(=O)C2(C)CC2(Cl)Cl)cc1. The topological polar surface area (TPSA) is 58.6 Å². The van der Waals surface area contributed by atoms with Gasteiger partial charge in [0.1, 0.15) is 10.1 Å². The number of nitrogens with one attached hydrogen (secondary N) is 1. The van der Waals surface area contributed by atoms with E-state index in [1.807, 2.05) is 0 Å². The first-order valence-electron chi connectivity index (χ1n) is 6.78. The molecule has 120 valence electrons. The Bertz CT molecular complexity index is 587. The van der Waals surface area contributed by atoms with E-state index in [-0.39, 0.29) is 18.4 Å². The Kier molecular flexibility index (Phi) is 4.59. The van der Waals surface area contributed by atoms with Gasteiger partial charge < -0.3 is 15.0 Å². The zero-order chi connectivity index (χ0) is 16.5. The maximum Gasteiger partial charge on any atom is 0.259 e. The number of hydrogen-bond acceptors (Lipinski definition) is 3. The Morgan fingerprint density at radius 2 is 1.82 bits per heavy atom. The highest BCUT2D eigenvalue weighted by molar-refractivity contribution is 6.53. The Balaban J connectivity index is 1.90. The number of carbonyl (C=O) groups excluding carboxylic acids is 2. The van der Waals surface area contributed by atoms with Gasteiger partial charge in [-0.3, -0.25) is 9.59 Å². The van der Waals surface area contributed by atoms with Gasteiger partial charge >= 0.3 is 0 Å². The molecular formula is C15H18Cl2N2O3. The van der Waals surface area contributed by atoms with E-state index < -0.39 is 9.75 Å². The lowest BCUT2D eigenvalue weighted by atomic mass is 10.1. The molecule has 7 heteroatoms. The van der Waals surface area contributed by atoms with Gasteiger partial charge in [0.05, 0.1) is 5.41 Å². The molecule has 1 atom stereocenters. The predicted octanol–water partition coefficient (Wildman–Crippen LogP) is 2.68. The standard InChI is InChI=1S/C15H18Cl2N2O3/c1-14(9-15(14,16)17)13(21)18-10-4-6-11(7-5-10)22-8-12(20)19(2)3/h4-7H,8-9H2,1-3H3,(H,18,21). The lowest BCUT2D eigenvalue weighted by Gasteiger charge is -2.14. The van der Waals surface area contributed by atoms with Crippen molar-refractivity contribution in [3.63, 3.8) is 0 Å². The van der Waals surface area contributed by atoms with Gasteiger partial charge in [-0.05, 0) is 37.6 Å². The molecule has 0 heterocycles. The number of benzene rings is 1. The third-order valence-corrected chi connectivity index (χ3v) is 4.83. The minimum Gasteiger partial charge on any atom is -0.484 e. The summed E-state index contributed by atoms with van der Waals surface area (Å²) in [6.45, 7) is 1.70. The van der Waals surface area contributed by atoms with Crippen molar-refractivity contribution in [2.45, 2.75) is 17.7 Å². The largest absolute Gasteiger partial charge is 0.484 e. The number of nitrogens with zero attached hydrogens (tertiary/aromatic N) is 1. The maximum absolute atomic E-state index is 12.1. The summed E-state index contributed by atoms with van der Waals surface area (Å²) in [6, 6.07) is 6.76. The number of ether oxygens (including phenoxy) is 1. The van der Waals surface area contributed by atoms with Crippen LogP contribution in [0.2, 0.25) is 0 Å². The summed E-state index contributed by atoms with van der Waals surface area (Å²) >= 11 is 12.0. The Morgan fingerprint density at radius 1 is 1.27 bits per heavy atom. The van der Waals surface area contributed by atoms with Crippen LogP contribution < -0.4 is 10.1 Å². The number of likely N-dealkylation sites (N-methyl/N-ethyl adjacent to an activating group) is 1. The van der Waals surface area contributed by atoms with Gasteiger partial charge in [0.2, 0.25) is 5.91 Å². The van der Waals surface area contributed by atoms with Crippen LogP contribution in [-0.4, -0.2) is 41.7 Å². The molecule has 5 nitrogen and oxygen atoms in total. The van der Waals surface area contributed by atoms with E-state index in [0.29, 0.717) is 17.9 Å². The van der Waals surface area contributed by atoms with E-state index in [2.05, 4.69) is 5.32 Å². The number of amides is 2. The monoisotopic (exact) mass is 344 g/mol. The lowest BCUT2D eigenvalue weighted by molar-refractivity contribution is -0.130. The average molecular weight is 345 g/mol. The molecule has 1 saturated carbocycles. The van der Waals surface area contributed by atoms with Gasteiger partial charge in [-0.25, -0.2) is 0 Å². The summed E-state index contributed by atoms with van der Waals surface area (Å²) in [4.78, 5) is 25.0. The maximum atomic E-state index is 12.1. The van der Waals surface area contributed by atoms with Crippen LogP contribution >= 0.6 is 23.2 Å². The molecule has 1 N–H and O–H groups in total. The molecule has 2 amide bonds. The molecule has 0 bridgehead atoms. The molecule has 0 aliphatic heterocycles. The third-order valence-electron chi connectivity index (χ3n) is 3.73. The molecule has 0 radical (unpaired) electrons. The Labute approximate surface area is 139 Å². The van der Waals surface area contributed by atoms with E-state index in [9.17, 15) is 9.59 Å². The van der Waals surface area contributed by atoms with Crippen molar-refractivity contribution in [1.82, 2.24) is 4.90 Å². The molecule has 22 heavy (non-hydrogen) atoms.